The molecule has 0 saturated carbocycles. The van der Waals surface area contributed by atoms with Crippen molar-refractivity contribution in [3.63, 3.8) is 0 Å². The third-order valence-electron chi connectivity index (χ3n) is 3.18. The highest BCUT2D eigenvalue weighted by atomic mass is 79.9. The predicted octanol–water partition coefficient (Wildman–Crippen LogP) is 5.93. The maximum atomic E-state index is 4.60. The van der Waals surface area contributed by atoms with Crippen molar-refractivity contribution in [3.8, 4) is 0 Å². The minimum Gasteiger partial charge on any atom is -0.332 e. The van der Waals surface area contributed by atoms with Crippen molar-refractivity contribution >= 4 is 48.3 Å². The Hall–Kier alpha value is -1.39. The first-order chi connectivity index (χ1) is 9.61. The third kappa shape index (κ3) is 2.86. The van der Waals surface area contributed by atoms with Crippen LogP contribution in [0.4, 0.5) is 10.8 Å². The first-order valence-corrected chi connectivity index (χ1v) is 8.16. The number of benzene rings is 2. The van der Waals surface area contributed by atoms with Gasteiger partial charge in [0.25, 0.3) is 0 Å². The Labute approximate surface area is 131 Å². The Bertz CT molecular complexity index is 732. The van der Waals surface area contributed by atoms with E-state index in [1.54, 1.807) is 11.3 Å². The number of fused-ring (bicyclic) bond motifs is 1. The van der Waals surface area contributed by atoms with E-state index in [0.29, 0.717) is 5.92 Å². The Morgan fingerprint density at radius 3 is 2.55 bits per heavy atom. The highest BCUT2D eigenvalue weighted by molar-refractivity contribution is 9.10. The number of thiazole rings is 1. The van der Waals surface area contributed by atoms with E-state index in [9.17, 15) is 0 Å². The molecule has 3 aromatic rings. The van der Waals surface area contributed by atoms with Crippen molar-refractivity contribution in [1.29, 1.82) is 0 Å². The van der Waals surface area contributed by atoms with Crippen LogP contribution in [-0.4, -0.2) is 4.98 Å². The van der Waals surface area contributed by atoms with Gasteiger partial charge in [0.2, 0.25) is 0 Å². The van der Waals surface area contributed by atoms with Gasteiger partial charge in [-0.2, -0.15) is 0 Å². The summed E-state index contributed by atoms with van der Waals surface area (Å²) in [5, 5.41) is 4.30. The van der Waals surface area contributed by atoms with Gasteiger partial charge in [0.15, 0.2) is 5.13 Å². The summed E-state index contributed by atoms with van der Waals surface area (Å²) in [4.78, 5) is 4.60. The Morgan fingerprint density at radius 1 is 1.10 bits per heavy atom. The van der Waals surface area contributed by atoms with Crippen LogP contribution in [0.3, 0.4) is 0 Å². The van der Waals surface area contributed by atoms with Gasteiger partial charge in [-0.15, -0.1) is 0 Å². The van der Waals surface area contributed by atoms with E-state index in [-0.39, 0.29) is 0 Å². The SMILES string of the molecule is CC(C)c1ccc(Nc2nc3cc(Br)ccc3s2)cc1. The summed E-state index contributed by atoms with van der Waals surface area (Å²) in [6.45, 7) is 4.40. The molecule has 0 aliphatic rings. The van der Waals surface area contributed by atoms with E-state index in [0.717, 1.165) is 20.8 Å². The smallest absolute Gasteiger partial charge is 0.188 e. The molecule has 3 rings (SSSR count). The van der Waals surface area contributed by atoms with Crippen molar-refractivity contribution in [2.45, 2.75) is 19.8 Å². The lowest BCUT2D eigenvalue weighted by Crippen LogP contribution is -1.91. The van der Waals surface area contributed by atoms with Crippen LogP contribution >= 0.6 is 27.3 Å². The van der Waals surface area contributed by atoms with Crippen molar-refractivity contribution < 1.29 is 0 Å². The van der Waals surface area contributed by atoms with Gasteiger partial charge in [0.1, 0.15) is 0 Å². The number of halogens is 1. The fourth-order valence-corrected chi connectivity index (χ4v) is 3.24. The van der Waals surface area contributed by atoms with Crippen LogP contribution in [0.1, 0.15) is 25.3 Å². The molecular weight excluding hydrogens is 332 g/mol. The number of hydrogen-bond donors (Lipinski definition) is 1. The standard InChI is InChI=1S/C16H15BrN2S/c1-10(2)11-3-6-13(7-4-11)18-16-19-14-9-12(17)5-8-15(14)20-16/h3-10H,1-2H3,(H,18,19). The van der Waals surface area contributed by atoms with Gasteiger partial charge in [-0.05, 0) is 41.8 Å². The second-order valence-corrected chi connectivity index (χ2v) is 6.98. The summed E-state index contributed by atoms with van der Waals surface area (Å²) >= 11 is 5.14. The molecule has 20 heavy (non-hydrogen) atoms. The second-order valence-electron chi connectivity index (χ2n) is 5.03. The fraction of sp³-hybridized carbons (Fsp3) is 0.188. The first-order valence-electron chi connectivity index (χ1n) is 6.55. The predicted molar refractivity (Wildman–Crippen MR) is 91.1 cm³/mol. The molecule has 2 nitrogen and oxygen atoms in total. The summed E-state index contributed by atoms with van der Waals surface area (Å²) in [6.07, 6.45) is 0. The van der Waals surface area contributed by atoms with Crippen LogP contribution in [0.15, 0.2) is 46.9 Å². The third-order valence-corrected chi connectivity index (χ3v) is 4.62. The van der Waals surface area contributed by atoms with Gasteiger partial charge in [0, 0.05) is 10.2 Å². The number of hydrogen-bond acceptors (Lipinski definition) is 3. The molecule has 1 N–H and O–H groups in total. The summed E-state index contributed by atoms with van der Waals surface area (Å²) in [5.74, 6) is 0.559. The van der Waals surface area contributed by atoms with Crippen LogP contribution in [-0.2, 0) is 0 Å². The second kappa shape index (κ2) is 5.54. The van der Waals surface area contributed by atoms with Crippen molar-refractivity contribution in [1.82, 2.24) is 4.98 Å². The minimum absolute atomic E-state index is 0.559. The zero-order chi connectivity index (χ0) is 14.1. The molecule has 0 atom stereocenters. The normalized spacial score (nSPS) is 11.2. The zero-order valence-electron chi connectivity index (χ0n) is 11.4. The summed E-state index contributed by atoms with van der Waals surface area (Å²) in [5.41, 5.74) is 3.45. The van der Waals surface area contributed by atoms with Crippen molar-refractivity contribution in [2.24, 2.45) is 0 Å². The maximum absolute atomic E-state index is 4.60. The van der Waals surface area contributed by atoms with Gasteiger partial charge in [0.05, 0.1) is 10.2 Å². The lowest BCUT2D eigenvalue weighted by Gasteiger charge is -2.07. The lowest BCUT2D eigenvalue weighted by atomic mass is 10.0. The molecule has 0 saturated heterocycles. The zero-order valence-corrected chi connectivity index (χ0v) is 13.8. The Morgan fingerprint density at radius 2 is 1.85 bits per heavy atom. The number of rotatable bonds is 3. The molecule has 0 amide bonds. The Kier molecular flexibility index (Phi) is 3.76. The van der Waals surface area contributed by atoms with E-state index in [4.69, 9.17) is 0 Å². The molecule has 0 spiro atoms. The van der Waals surface area contributed by atoms with Crippen LogP contribution in [0.5, 0.6) is 0 Å². The number of nitrogens with zero attached hydrogens (tertiary/aromatic N) is 1. The summed E-state index contributed by atoms with van der Waals surface area (Å²) in [6, 6.07) is 14.7. The van der Waals surface area contributed by atoms with Gasteiger partial charge >= 0.3 is 0 Å². The summed E-state index contributed by atoms with van der Waals surface area (Å²) < 4.78 is 2.25. The number of nitrogens with one attached hydrogen (secondary N) is 1. The topological polar surface area (TPSA) is 24.9 Å². The maximum Gasteiger partial charge on any atom is 0.188 e. The molecule has 4 heteroatoms. The van der Waals surface area contributed by atoms with E-state index < -0.39 is 0 Å². The van der Waals surface area contributed by atoms with Gasteiger partial charge in [-0.3, -0.25) is 0 Å². The number of aromatic nitrogens is 1. The van der Waals surface area contributed by atoms with Crippen LogP contribution in [0.25, 0.3) is 10.2 Å². The molecule has 2 aromatic carbocycles. The monoisotopic (exact) mass is 346 g/mol. The molecule has 0 unspecified atom stereocenters. The quantitative estimate of drug-likeness (QED) is 0.635. The van der Waals surface area contributed by atoms with E-state index >= 15 is 0 Å². The Balaban J connectivity index is 1.85. The molecule has 0 aliphatic carbocycles. The summed E-state index contributed by atoms with van der Waals surface area (Å²) in [7, 11) is 0. The highest BCUT2D eigenvalue weighted by Crippen LogP contribution is 2.30. The molecule has 1 aromatic heterocycles. The average Bonchev–Trinajstić information content (AvgIpc) is 2.80. The average molecular weight is 347 g/mol. The van der Waals surface area contributed by atoms with Crippen molar-refractivity contribution in [2.75, 3.05) is 5.32 Å². The molecular formula is C16H15BrN2S. The van der Waals surface area contributed by atoms with Gasteiger partial charge in [-0.25, -0.2) is 4.98 Å². The van der Waals surface area contributed by atoms with E-state index in [1.165, 1.54) is 10.3 Å². The fourth-order valence-electron chi connectivity index (χ4n) is 2.03. The molecule has 1 heterocycles. The minimum atomic E-state index is 0.559. The molecule has 0 aliphatic heterocycles. The lowest BCUT2D eigenvalue weighted by molar-refractivity contribution is 0.867. The first kappa shape index (κ1) is 13.6. The largest absolute Gasteiger partial charge is 0.332 e. The molecule has 0 bridgehead atoms. The molecule has 0 fully saturated rings. The van der Waals surface area contributed by atoms with Crippen LogP contribution in [0.2, 0.25) is 0 Å². The molecule has 102 valence electrons. The van der Waals surface area contributed by atoms with Crippen molar-refractivity contribution in [3.05, 3.63) is 52.5 Å². The van der Waals surface area contributed by atoms with Gasteiger partial charge < -0.3 is 5.32 Å². The van der Waals surface area contributed by atoms with Gasteiger partial charge in [-0.1, -0.05) is 53.2 Å². The van der Waals surface area contributed by atoms with Crippen LogP contribution in [0, 0.1) is 0 Å². The highest BCUT2D eigenvalue weighted by Gasteiger charge is 2.05. The number of anilines is 2. The van der Waals surface area contributed by atoms with E-state index in [2.05, 4.69) is 70.4 Å². The molecule has 0 radical (unpaired) electrons. The van der Waals surface area contributed by atoms with Crippen LogP contribution < -0.4 is 5.32 Å². The van der Waals surface area contributed by atoms with E-state index in [1.807, 2.05) is 12.1 Å².